The van der Waals surface area contributed by atoms with Gasteiger partial charge in [-0.05, 0) is 54.7 Å². The van der Waals surface area contributed by atoms with Crippen LogP contribution in [0.3, 0.4) is 0 Å². The van der Waals surface area contributed by atoms with Crippen molar-refractivity contribution in [3.63, 3.8) is 0 Å². The Labute approximate surface area is 190 Å². The van der Waals surface area contributed by atoms with Crippen LogP contribution in [0.25, 0.3) is 11.1 Å². The fraction of sp³-hybridized carbons (Fsp3) is 0.600. The molecule has 1 aliphatic carbocycles. The summed E-state index contributed by atoms with van der Waals surface area (Å²) in [7, 11) is 0. The molecule has 0 aromatic heterocycles. The largest absolute Gasteiger partial charge is 0.206 e. The number of hydrogen-bond acceptors (Lipinski definition) is 0. The molecule has 0 spiro atoms. The van der Waals surface area contributed by atoms with Crippen molar-refractivity contribution >= 4 is 0 Å². The second-order valence-corrected chi connectivity index (χ2v) is 9.79. The Balaban J connectivity index is 1.29. The molecule has 0 bridgehead atoms. The fourth-order valence-corrected chi connectivity index (χ4v) is 5.34. The van der Waals surface area contributed by atoms with E-state index in [0.29, 0.717) is 11.5 Å². The van der Waals surface area contributed by atoms with Crippen molar-refractivity contribution in [1.82, 2.24) is 0 Å². The average molecular weight is 423 g/mol. The third-order valence-electron chi connectivity index (χ3n) is 7.38. The standard InChI is InChI=1S/C30H43F/c1-2-3-4-5-6-7-8-9-10-11-14-25-17-19-26(20-18-25)27-21-23-28(24-22-27)29-15-12-13-16-30(29)31/h12-13,15-16,21-26H,2-11,14,17-20H2,1H3. The number of benzene rings is 2. The van der Waals surface area contributed by atoms with Crippen LogP contribution in [0.4, 0.5) is 4.39 Å². The van der Waals surface area contributed by atoms with E-state index >= 15 is 0 Å². The van der Waals surface area contributed by atoms with Gasteiger partial charge in [-0.15, -0.1) is 0 Å². The Morgan fingerprint density at radius 2 is 1.26 bits per heavy atom. The van der Waals surface area contributed by atoms with Crippen LogP contribution in [-0.4, -0.2) is 0 Å². The van der Waals surface area contributed by atoms with Crippen molar-refractivity contribution < 1.29 is 4.39 Å². The van der Waals surface area contributed by atoms with Crippen molar-refractivity contribution in [2.75, 3.05) is 0 Å². The molecule has 2 aromatic rings. The normalized spacial score (nSPS) is 18.9. The van der Waals surface area contributed by atoms with Crippen LogP contribution >= 0.6 is 0 Å². The summed E-state index contributed by atoms with van der Waals surface area (Å²) in [5, 5.41) is 0. The van der Waals surface area contributed by atoms with Crippen molar-refractivity contribution in [2.24, 2.45) is 5.92 Å². The number of unbranched alkanes of at least 4 members (excludes halogenated alkanes) is 9. The Hall–Kier alpha value is -1.63. The zero-order valence-corrected chi connectivity index (χ0v) is 19.8. The summed E-state index contributed by atoms with van der Waals surface area (Å²) in [4.78, 5) is 0. The highest BCUT2D eigenvalue weighted by atomic mass is 19.1. The molecule has 170 valence electrons. The van der Waals surface area contributed by atoms with E-state index in [0.717, 1.165) is 11.5 Å². The lowest BCUT2D eigenvalue weighted by atomic mass is 9.77. The number of halogens is 1. The fourth-order valence-electron chi connectivity index (χ4n) is 5.34. The SMILES string of the molecule is CCCCCCCCCCCCC1CCC(c2ccc(-c3ccccc3F)cc2)CC1. The minimum absolute atomic E-state index is 0.136. The second-order valence-electron chi connectivity index (χ2n) is 9.79. The predicted molar refractivity (Wildman–Crippen MR) is 133 cm³/mol. The minimum atomic E-state index is -0.136. The summed E-state index contributed by atoms with van der Waals surface area (Å²) in [5.74, 6) is 1.50. The summed E-state index contributed by atoms with van der Waals surface area (Å²) < 4.78 is 14.0. The molecule has 0 radical (unpaired) electrons. The van der Waals surface area contributed by atoms with Crippen molar-refractivity contribution in [1.29, 1.82) is 0 Å². The Morgan fingerprint density at radius 3 is 1.87 bits per heavy atom. The van der Waals surface area contributed by atoms with Crippen LogP contribution in [-0.2, 0) is 0 Å². The molecular weight excluding hydrogens is 379 g/mol. The van der Waals surface area contributed by atoms with Gasteiger partial charge in [-0.25, -0.2) is 4.39 Å². The van der Waals surface area contributed by atoms with E-state index in [-0.39, 0.29) is 5.82 Å². The monoisotopic (exact) mass is 422 g/mol. The highest BCUT2D eigenvalue weighted by Gasteiger charge is 2.22. The molecule has 2 aromatic carbocycles. The summed E-state index contributed by atoms with van der Waals surface area (Å²) in [6.07, 6.45) is 21.2. The molecule has 0 unspecified atom stereocenters. The van der Waals surface area contributed by atoms with Gasteiger partial charge >= 0.3 is 0 Å². The molecular formula is C30H43F. The summed E-state index contributed by atoms with van der Waals surface area (Å²) >= 11 is 0. The lowest BCUT2D eigenvalue weighted by Crippen LogP contribution is -2.13. The zero-order chi connectivity index (χ0) is 21.7. The van der Waals surface area contributed by atoms with Gasteiger partial charge in [-0.2, -0.15) is 0 Å². The molecule has 1 heteroatoms. The van der Waals surface area contributed by atoms with E-state index in [9.17, 15) is 4.39 Å². The first-order chi connectivity index (χ1) is 15.3. The molecule has 0 aliphatic heterocycles. The molecule has 0 nitrogen and oxygen atoms in total. The second kappa shape index (κ2) is 13.7. The topological polar surface area (TPSA) is 0 Å². The maximum absolute atomic E-state index is 14.0. The molecule has 1 aliphatic rings. The van der Waals surface area contributed by atoms with Crippen LogP contribution in [0, 0.1) is 11.7 Å². The van der Waals surface area contributed by atoms with Crippen LogP contribution in [0.1, 0.15) is 115 Å². The summed E-state index contributed by atoms with van der Waals surface area (Å²) in [6, 6.07) is 15.7. The third kappa shape index (κ3) is 8.09. The molecule has 31 heavy (non-hydrogen) atoms. The van der Waals surface area contributed by atoms with Gasteiger partial charge in [0, 0.05) is 5.56 Å². The molecule has 0 N–H and O–H groups in total. The number of hydrogen-bond donors (Lipinski definition) is 0. The summed E-state index contributed by atoms with van der Waals surface area (Å²) in [6.45, 7) is 2.29. The van der Waals surface area contributed by atoms with E-state index in [2.05, 4.69) is 31.2 Å². The molecule has 3 rings (SSSR count). The van der Waals surface area contributed by atoms with Gasteiger partial charge in [0.05, 0.1) is 0 Å². The first kappa shape index (κ1) is 24.0. The van der Waals surface area contributed by atoms with Gasteiger partial charge in [-0.1, -0.05) is 120 Å². The Kier molecular flexibility index (Phi) is 10.6. The first-order valence-electron chi connectivity index (χ1n) is 13.1. The third-order valence-corrected chi connectivity index (χ3v) is 7.38. The van der Waals surface area contributed by atoms with E-state index in [1.807, 2.05) is 12.1 Å². The van der Waals surface area contributed by atoms with Crippen molar-refractivity contribution in [2.45, 2.75) is 109 Å². The van der Waals surface area contributed by atoms with E-state index in [1.165, 1.54) is 102 Å². The Bertz CT molecular complexity index is 724. The van der Waals surface area contributed by atoms with Crippen molar-refractivity contribution in [3.8, 4) is 11.1 Å². The molecule has 1 fully saturated rings. The Morgan fingerprint density at radius 1 is 0.677 bits per heavy atom. The van der Waals surface area contributed by atoms with Gasteiger partial charge in [0.2, 0.25) is 0 Å². The van der Waals surface area contributed by atoms with Crippen molar-refractivity contribution in [3.05, 3.63) is 59.9 Å². The first-order valence-corrected chi connectivity index (χ1v) is 13.1. The van der Waals surface area contributed by atoms with E-state index in [4.69, 9.17) is 0 Å². The highest BCUT2D eigenvalue weighted by Crippen LogP contribution is 2.38. The molecule has 0 saturated heterocycles. The quantitative estimate of drug-likeness (QED) is 0.282. The molecule has 0 heterocycles. The average Bonchev–Trinajstić information content (AvgIpc) is 2.81. The lowest BCUT2D eigenvalue weighted by Gasteiger charge is -2.29. The lowest BCUT2D eigenvalue weighted by molar-refractivity contribution is 0.301. The van der Waals surface area contributed by atoms with E-state index in [1.54, 1.807) is 12.1 Å². The van der Waals surface area contributed by atoms with Crippen LogP contribution in [0.2, 0.25) is 0 Å². The van der Waals surface area contributed by atoms with Crippen LogP contribution < -0.4 is 0 Å². The van der Waals surface area contributed by atoms with Gasteiger partial charge in [0.15, 0.2) is 0 Å². The maximum atomic E-state index is 14.0. The summed E-state index contributed by atoms with van der Waals surface area (Å²) in [5.41, 5.74) is 3.13. The number of rotatable bonds is 13. The van der Waals surface area contributed by atoms with Crippen LogP contribution in [0.15, 0.2) is 48.5 Å². The van der Waals surface area contributed by atoms with Gasteiger partial charge in [0.1, 0.15) is 5.82 Å². The van der Waals surface area contributed by atoms with E-state index < -0.39 is 0 Å². The maximum Gasteiger partial charge on any atom is 0.131 e. The smallest absolute Gasteiger partial charge is 0.131 e. The predicted octanol–water partition coefficient (Wildman–Crippen LogP) is 10.1. The zero-order valence-electron chi connectivity index (χ0n) is 19.8. The minimum Gasteiger partial charge on any atom is -0.206 e. The molecule has 0 atom stereocenters. The van der Waals surface area contributed by atoms with Gasteiger partial charge in [0.25, 0.3) is 0 Å². The molecule has 1 saturated carbocycles. The highest BCUT2D eigenvalue weighted by molar-refractivity contribution is 5.64. The molecule has 0 amide bonds. The van der Waals surface area contributed by atoms with Gasteiger partial charge in [-0.3, -0.25) is 0 Å². The van der Waals surface area contributed by atoms with Gasteiger partial charge < -0.3 is 0 Å². The van der Waals surface area contributed by atoms with Crippen LogP contribution in [0.5, 0.6) is 0 Å².